The zero-order chi connectivity index (χ0) is 14.8. The molecule has 1 fully saturated rings. The third-order valence-corrected chi connectivity index (χ3v) is 4.39. The summed E-state index contributed by atoms with van der Waals surface area (Å²) in [6.07, 6.45) is 1.53. The van der Waals surface area contributed by atoms with Gasteiger partial charge in [-0.05, 0) is 43.2 Å². The molecule has 2 nitrogen and oxygen atoms in total. The maximum absolute atomic E-state index is 6.08. The topological polar surface area (TPSA) is 21.3 Å². The zero-order valence-corrected chi connectivity index (χ0v) is 13.5. The summed E-state index contributed by atoms with van der Waals surface area (Å²) in [6.45, 7) is 9.70. The van der Waals surface area contributed by atoms with Gasteiger partial charge < -0.3 is 10.1 Å². The fourth-order valence-electron chi connectivity index (χ4n) is 3.36. The van der Waals surface area contributed by atoms with Gasteiger partial charge in [-0.1, -0.05) is 51.1 Å². The Bertz CT molecular complexity index is 409. The molecule has 1 aromatic rings. The molecule has 0 aliphatic heterocycles. The van der Waals surface area contributed by atoms with Crippen LogP contribution in [0, 0.1) is 11.3 Å². The van der Waals surface area contributed by atoms with Crippen LogP contribution >= 0.6 is 0 Å². The molecule has 2 heteroatoms. The smallest absolute Gasteiger partial charge is 0.0778 e. The predicted octanol–water partition coefficient (Wildman–Crippen LogP) is 3.83. The Balaban J connectivity index is 2.09. The molecular formula is C18H29NO. The third kappa shape index (κ3) is 3.42. The molecule has 1 saturated carbocycles. The quantitative estimate of drug-likeness (QED) is 0.852. The summed E-state index contributed by atoms with van der Waals surface area (Å²) in [7, 11) is 2.07. The number of nitrogens with one attached hydrogen (secondary N) is 1. The van der Waals surface area contributed by atoms with Crippen molar-refractivity contribution >= 4 is 0 Å². The van der Waals surface area contributed by atoms with E-state index in [-0.39, 0.29) is 11.5 Å². The Kier molecular flexibility index (Phi) is 4.87. The number of benzene rings is 1. The van der Waals surface area contributed by atoms with Gasteiger partial charge in [-0.3, -0.25) is 0 Å². The van der Waals surface area contributed by atoms with Gasteiger partial charge in [0.2, 0.25) is 0 Å². The molecular weight excluding hydrogens is 246 g/mol. The summed E-state index contributed by atoms with van der Waals surface area (Å²) < 4.78 is 6.08. The molecule has 0 bridgehead atoms. The van der Waals surface area contributed by atoms with E-state index in [1.165, 1.54) is 12.0 Å². The lowest BCUT2D eigenvalue weighted by molar-refractivity contribution is -0.0393. The third-order valence-electron chi connectivity index (χ3n) is 4.39. The molecule has 0 heterocycles. The van der Waals surface area contributed by atoms with Gasteiger partial charge in [-0.2, -0.15) is 0 Å². The van der Waals surface area contributed by atoms with Gasteiger partial charge in [0.1, 0.15) is 0 Å². The second kappa shape index (κ2) is 6.28. The molecule has 2 rings (SSSR count). The number of likely N-dealkylation sites (N-methyl/N-ethyl adjacent to an activating group) is 1. The predicted molar refractivity (Wildman–Crippen MR) is 85.0 cm³/mol. The first-order valence-corrected chi connectivity index (χ1v) is 7.82. The Hall–Kier alpha value is -0.860. The number of hydrogen-bond acceptors (Lipinski definition) is 2. The lowest BCUT2D eigenvalue weighted by Crippen LogP contribution is -2.48. The molecule has 0 spiro atoms. The van der Waals surface area contributed by atoms with E-state index < -0.39 is 0 Å². The summed E-state index contributed by atoms with van der Waals surface area (Å²) in [6, 6.07) is 11.3. The van der Waals surface area contributed by atoms with Crippen LogP contribution in [0.3, 0.4) is 0 Å². The highest BCUT2D eigenvalue weighted by atomic mass is 16.5. The van der Waals surface area contributed by atoms with E-state index in [1.807, 2.05) is 0 Å². The maximum Gasteiger partial charge on any atom is 0.0778 e. The van der Waals surface area contributed by atoms with Crippen molar-refractivity contribution in [1.29, 1.82) is 0 Å². The van der Waals surface area contributed by atoms with E-state index in [2.05, 4.69) is 70.4 Å². The average molecular weight is 275 g/mol. The van der Waals surface area contributed by atoms with Crippen molar-refractivity contribution in [3.05, 3.63) is 35.9 Å². The molecule has 20 heavy (non-hydrogen) atoms. The Morgan fingerprint density at radius 2 is 1.90 bits per heavy atom. The second-order valence-electron chi connectivity index (χ2n) is 6.97. The fourth-order valence-corrected chi connectivity index (χ4v) is 3.36. The van der Waals surface area contributed by atoms with Gasteiger partial charge in [0, 0.05) is 12.6 Å². The van der Waals surface area contributed by atoms with Crippen molar-refractivity contribution in [2.75, 3.05) is 13.7 Å². The van der Waals surface area contributed by atoms with Crippen LogP contribution in [0.1, 0.15) is 45.6 Å². The summed E-state index contributed by atoms with van der Waals surface area (Å²) in [5, 5.41) is 3.53. The molecule has 1 aromatic carbocycles. The van der Waals surface area contributed by atoms with E-state index in [0.29, 0.717) is 17.9 Å². The van der Waals surface area contributed by atoms with Gasteiger partial charge in [0.15, 0.2) is 0 Å². The Morgan fingerprint density at radius 1 is 1.25 bits per heavy atom. The average Bonchev–Trinajstić information content (AvgIpc) is 3.19. The van der Waals surface area contributed by atoms with Crippen LogP contribution in [0.25, 0.3) is 0 Å². The standard InChI is InChI=1S/C18H29NO/c1-6-20-17(18(2,3)4)16(19-5)15-12-14(15)13-10-8-7-9-11-13/h7-11,14-17,19H,6,12H2,1-5H3. The molecule has 0 amide bonds. The minimum atomic E-state index is 0.160. The van der Waals surface area contributed by atoms with Gasteiger partial charge in [-0.15, -0.1) is 0 Å². The molecule has 1 aliphatic rings. The van der Waals surface area contributed by atoms with Crippen molar-refractivity contribution in [1.82, 2.24) is 5.32 Å². The van der Waals surface area contributed by atoms with E-state index in [1.54, 1.807) is 0 Å². The maximum atomic E-state index is 6.08. The van der Waals surface area contributed by atoms with Crippen molar-refractivity contribution in [2.24, 2.45) is 11.3 Å². The van der Waals surface area contributed by atoms with E-state index in [0.717, 1.165) is 6.61 Å². The number of ether oxygens (including phenoxy) is 1. The van der Waals surface area contributed by atoms with Crippen molar-refractivity contribution < 1.29 is 4.74 Å². The molecule has 0 saturated heterocycles. The largest absolute Gasteiger partial charge is 0.376 e. The summed E-state index contributed by atoms with van der Waals surface area (Å²) in [5.41, 5.74) is 1.63. The first-order valence-electron chi connectivity index (χ1n) is 7.82. The summed E-state index contributed by atoms with van der Waals surface area (Å²) in [4.78, 5) is 0. The van der Waals surface area contributed by atoms with Crippen LogP contribution in [-0.4, -0.2) is 25.8 Å². The Morgan fingerprint density at radius 3 is 2.40 bits per heavy atom. The van der Waals surface area contributed by atoms with Crippen molar-refractivity contribution in [3.8, 4) is 0 Å². The van der Waals surface area contributed by atoms with Gasteiger partial charge in [0.05, 0.1) is 6.10 Å². The molecule has 1 aliphatic carbocycles. The summed E-state index contributed by atoms with van der Waals surface area (Å²) >= 11 is 0. The second-order valence-corrected chi connectivity index (χ2v) is 6.97. The molecule has 112 valence electrons. The molecule has 4 unspecified atom stereocenters. The lowest BCUT2D eigenvalue weighted by Gasteiger charge is -2.37. The van der Waals surface area contributed by atoms with Gasteiger partial charge in [0.25, 0.3) is 0 Å². The molecule has 0 aromatic heterocycles. The highest BCUT2D eigenvalue weighted by molar-refractivity contribution is 5.27. The SMILES string of the molecule is CCOC(C(NC)C1CC1c1ccccc1)C(C)(C)C. The van der Waals surface area contributed by atoms with E-state index in [9.17, 15) is 0 Å². The number of hydrogen-bond donors (Lipinski definition) is 1. The van der Waals surface area contributed by atoms with Crippen molar-refractivity contribution in [2.45, 2.75) is 52.2 Å². The van der Waals surface area contributed by atoms with Crippen LogP contribution < -0.4 is 5.32 Å². The van der Waals surface area contributed by atoms with Gasteiger partial charge in [-0.25, -0.2) is 0 Å². The first kappa shape index (κ1) is 15.5. The normalized spacial score (nSPS) is 25.2. The molecule has 0 radical (unpaired) electrons. The Labute approximate surface area is 123 Å². The summed E-state index contributed by atoms with van der Waals surface area (Å²) in [5.74, 6) is 1.39. The van der Waals surface area contributed by atoms with Crippen LogP contribution in [0.4, 0.5) is 0 Å². The molecule has 4 atom stereocenters. The van der Waals surface area contributed by atoms with Crippen molar-refractivity contribution in [3.63, 3.8) is 0 Å². The van der Waals surface area contributed by atoms with E-state index >= 15 is 0 Å². The van der Waals surface area contributed by atoms with Crippen LogP contribution in [-0.2, 0) is 4.74 Å². The zero-order valence-electron chi connectivity index (χ0n) is 13.5. The van der Waals surface area contributed by atoms with Crippen LogP contribution in [0.2, 0.25) is 0 Å². The molecule has 1 N–H and O–H groups in total. The number of rotatable bonds is 6. The highest BCUT2D eigenvalue weighted by Gasteiger charge is 2.48. The lowest BCUT2D eigenvalue weighted by atomic mass is 9.82. The minimum Gasteiger partial charge on any atom is -0.376 e. The van der Waals surface area contributed by atoms with Crippen LogP contribution in [0.5, 0.6) is 0 Å². The first-order chi connectivity index (χ1) is 9.49. The highest BCUT2D eigenvalue weighted by Crippen LogP contribution is 2.51. The minimum absolute atomic E-state index is 0.160. The van der Waals surface area contributed by atoms with E-state index in [4.69, 9.17) is 4.74 Å². The fraction of sp³-hybridized carbons (Fsp3) is 0.667. The monoisotopic (exact) mass is 275 g/mol. The van der Waals surface area contributed by atoms with Gasteiger partial charge >= 0.3 is 0 Å². The van der Waals surface area contributed by atoms with Crippen LogP contribution in [0.15, 0.2) is 30.3 Å².